The van der Waals surface area contributed by atoms with Gasteiger partial charge in [-0.2, -0.15) is 0 Å². The fourth-order valence-corrected chi connectivity index (χ4v) is 2.19. The second-order valence-corrected chi connectivity index (χ2v) is 4.83. The van der Waals surface area contributed by atoms with Crippen molar-refractivity contribution in [3.8, 4) is 5.75 Å². The Morgan fingerprint density at radius 1 is 1.40 bits per heavy atom. The summed E-state index contributed by atoms with van der Waals surface area (Å²) in [6.45, 7) is 6.21. The van der Waals surface area contributed by atoms with Crippen molar-refractivity contribution < 1.29 is 14.3 Å². The molecule has 5 nitrogen and oxygen atoms in total. The molecule has 0 aromatic heterocycles. The van der Waals surface area contributed by atoms with Crippen molar-refractivity contribution in [3.05, 3.63) is 18.2 Å². The van der Waals surface area contributed by atoms with Gasteiger partial charge in [0.05, 0.1) is 5.69 Å². The van der Waals surface area contributed by atoms with E-state index in [0.717, 1.165) is 12.1 Å². The molecule has 5 heteroatoms. The summed E-state index contributed by atoms with van der Waals surface area (Å²) in [7, 11) is 0. The summed E-state index contributed by atoms with van der Waals surface area (Å²) in [5.74, 6) is 0.585. The van der Waals surface area contributed by atoms with Crippen LogP contribution in [0.1, 0.15) is 33.6 Å². The number of carbonyl (C=O) groups excluding carboxylic acids is 2. The quantitative estimate of drug-likeness (QED) is 0.919. The summed E-state index contributed by atoms with van der Waals surface area (Å²) in [5.41, 5.74) is 1.41. The lowest BCUT2D eigenvalue weighted by Crippen LogP contribution is -2.44. The first-order chi connectivity index (χ1) is 9.56. The molecule has 1 heterocycles. The second kappa shape index (κ2) is 5.94. The highest BCUT2D eigenvalue weighted by atomic mass is 16.5. The van der Waals surface area contributed by atoms with Crippen LogP contribution in [0.4, 0.5) is 11.4 Å². The van der Waals surface area contributed by atoms with E-state index < -0.39 is 6.10 Å². The molecule has 0 radical (unpaired) electrons. The number of nitrogens with one attached hydrogen (secondary N) is 1. The number of benzene rings is 1. The minimum absolute atomic E-state index is 0.0432. The Morgan fingerprint density at radius 3 is 2.80 bits per heavy atom. The van der Waals surface area contributed by atoms with Gasteiger partial charge in [0.1, 0.15) is 5.75 Å². The minimum Gasteiger partial charge on any atom is -0.479 e. The Hall–Kier alpha value is -2.04. The SMILES string of the molecule is CCCN1C(=O)C(C)Oc2ccc(NC(=O)CC)cc21. The topological polar surface area (TPSA) is 58.6 Å². The lowest BCUT2D eigenvalue weighted by atomic mass is 10.1. The van der Waals surface area contributed by atoms with E-state index in [1.807, 2.05) is 6.92 Å². The smallest absolute Gasteiger partial charge is 0.267 e. The third kappa shape index (κ3) is 2.76. The standard InChI is InChI=1S/C15H20N2O3/c1-4-8-17-12-9-11(16-14(18)5-2)6-7-13(12)20-10(3)15(17)19/h6-7,9-10H,4-5,8H2,1-3H3,(H,16,18). The van der Waals surface area contributed by atoms with Gasteiger partial charge >= 0.3 is 0 Å². The van der Waals surface area contributed by atoms with Crippen LogP contribution in [0.3, 0.4) is 0 Å². The lowest BCUT2D eigenvalue weighted by molar-refractivity contribution is -0.125. The maximum Gasteiger partial charge on any atom is 0.267 e. The Morgan fingerprint density at radius 2 is 2.15 bits per heavy atom. The summed E-state index contributed by atoms with van der Waals surface area (Å²) in [4.78, 5) is 25.4. The monoisotopic (exact) mass is 276 g/mol. The molecule has 0 saturated carbocycles. The zero-order valence-electron chi connectivity index (χ0n) is 12.1. The van der Waals surface area contributed by atoms with Crippen LogP contribution in [0.15, 0.2) is 18.2 Å². The summed E-state index contributed by atoms with van der Waals surface area (Å²) < 4.78 is 5.60. The van der Waals surface area contributed by atoms with Crippen LogP contribution in [0.5, 0.6) is 5.75 Å². The van der Waals surface area contributed by atoms with Gasteiger partial charge in [0, 0.05) is 18.7 Å². The fourth-order valence-electron chi connectivity index (χ4n) is 2.19. The van der Waals surface area contributed by atoms with Gasteiger partial charge in [-0.25, -0.2) is 0 Å². The highest BCUT2D eigenvalue weighted by molar-refractivity contribution is 6.01. The van der Waals surface area contributed by atoms with E-state index in [-0.39, 0.29) is 11.8 Å². The molecule has 0 saturated heterocycles. The molecular formula is C15H20N2O3. The minimum atomic E-state index is -0.467. The van der Waals surface area contributed by atoms with Gasteiger partial charge < -0.3 is 15.0 Å². The van der Waals surface area contributed by atoms with Gasteiger partial charge in [0.25, 0.3) is 5.91 Å². The lowest BCUT2D eigenvalue weighted by Gasteiger charge is -2.33. The van der Waals surface area contributed by atoms with Crippen LogP contribution in [0, 0.1) is 0 Å². The Balaban J connectivity index is 2.34. The molecule has 1 unspecified atom stereocenters. The van der Waals surface area contributed by atoms with Crippen molar-refractivity contribution in [1.82, 2.24) is 0 Å². The maximum absolute atomic E-state index is 12.2. The molecule has 1 aromatic carbocycles. The molecule has 20 heavy (non-hydrogen) atoms. The van der Waals surface area contributed by atoms with Crippen LogP contribution >= 0.6 is 0 Å². The van der Waals surface area contributed by atoms with E-state index in [0.29, 0.717) is 24.4 Å². The molecule has 0 fully saturated rings. The number of carbonyl (C=O) groups is 2. The Labute approximate surface area is 118 Å². The van der Waals surface area contributed by atoms with Gasteiger partial charge in [-0.05, 0) is 31.5 Å². The number of hydrogen-bond donors (Lipinski definition) is 1. The van der Waals surface area contributed by atoms with Gasteiger partial charge in [-0.15, -0.1) is 0 Å². The van der Waals surface area contributed by atoms with Crippen molar-refractivity contribution in [1.29, 1.82) is 0 Å². The number of ether oxygens (including phenoxy) is 1. The molecule has 1 aliphatic heterocycles. The fraction of sp³-hybridized carbons (Fsp3) is 0.467. The third-order valence-electron chi connectivity index (χ3n) is 3.22. The third-order valence-corrected chi connectivity index (χ3v) is 3.22. The number of amides is 2. The second-order valence-electron chi connectivity index (χ2n) is 4.83. The number of hydrogen-bond acceptors (Lipinski definition) is 3. The van der Waals surface area contributed by atoms with Crippen LogP contribution < -0.4 is 15.0 Å². The van der Waals surface area contributed by atoms with Crippen molar-refractivity contribution >= 4 is 23.2 Å². The zero-order valence-corrected chi connectivity index (χ0v) is 12.1. The first-order valence-corrected chi connectivity index (χ1v) is 6.98. The number of anilines is 2. The first kappa shape index (κ1) is 14.4. The average molecular weight is 276 g/mol. The molecular weight excluding hydrogens is 256 g/mol. The summed E-state index contributed by atoms with van der Waals surface area (Å²) in [6.07, 6.45) is 0.816. The molecule has 108 valence electrons. The average Bonchev–Trinajstić information content (AvgIpc) is 2.44. The van der Waals surface area contributed by atoms with E-state index in [2.05, 4.69) is 5.32 Å². The van der Waals surface area contributed by atoms with Crippen molar-refractivity contribution in [3.63, 3.8) is 0 Å². The Kier molecular flexibility index (Phi) is 4.27. The van der Waals surface area contributed by atoms with E-state index in [9.17, 15) is 9.59 Å². The van der Waals surface area contributed by atoms with Crippen LogP contribution in [0.2, 0.25) is 0 Å². The van der Waals surface area contributed by atoms with Gasteiger partial charge in [-0.1, -0.05) is 13.8 Å². The van der Waals surface area contributed by atoms with Crippen molar-refractivity contribution in [2.75, 3.05) is 16.8 Å². The molecule has 1 aromatic rings. The van der Waals surface area contributed by atoms with Gasteiger partial charge in [0.2, 0.25) is 5.91 Å². The predicted octanol–water partition coefficient (Wildman–Crippen LogP) is 2.56. The van der Waals surface area contributed by atoms with E-state index in [4.69, 9.17) is 4.74 Å². The molecule has 0 bridgehead atoms. The van der Waals surface area contributed by atoms with Gasteiger partial charge in [0.15, 0.2) is 6.10 Å². The molecule has 2 rings (SSSR count). The number of rotatable bonds is 4. The summed E-state index contributed by atoms with van der Waals surface area (Å²) >= 11 is 0. The van der Waals surface area contributed by atoms with Crippen LogP contribution in [-0.4, -0.2) is 24.5 Å². The van der Waals surface area contributed by atoms with Crippen molar-refractivity contribution in [2.45, 2.75) is 39.7 Å². The van der Waals surface area contributed by atoms with E-state index in [1.54, 1.807) is 36.9 Å². The summed E-state index contributed by atoms with van der Waals surface area (Å²) in [5, 5.41) is 2.80. The molecule has 2 amide bonds. The highest BCUT2D eigenvalue weighted by Crippen LogP contribution is 2.36. The zero-order chi connectivity index (χ0) is 14.7. The molecule has 1 atom stereocenters. The molecule has 0 aliphatic carbocycles. The Bertz CT molecular complexity index is 528. The number of nitrogens with zero attached hydrogens (tertiary/aromatic N) is 1. The predicted molar refractivity (Wildman–Crippen MR) is 78.1 cm³/mol. The maximum atomic E-state index is 12.2. The van der Waals surface area contributed by atoms with Gasteiger partial charge in [-0.3, -0.25) is 9.59 Å². The molecule has 1 N–H and O–H groups in total. The molecule has 1 aliphatic rings. The van der Waals surface area contributed by atoms with Crippen LogP contribution in [0.25, 0.3) is 0 Å². The highest BCUT2D eigenvalue weighted by Gasteiger charge is 2.31. The first-order valence-electron chi connectivity index (χ1n) is 6.98. The molecule has 0 spiro atoms. The van der Waals surface area contributed by atoms with E-state index >= 15 is 0 Å². The van der Waals surface area contributed by atoms with Crippen LogP contribution in [-0.2, 0) is 9.59 Å². The van der Waals surface area contributed by atoms with E-state index in [1.165, 1.54) is 0 Å². The summed E-state index contributed by atoms with van der Waals surface area (Å²) in [6, 6.07) is 5.38. The van der Waals surface area contributed by atoms with Crippen molar-refractivity contribution in [2.24, 2.45) is 0 Å². The number of fused-ring (bicyclic) bond motifs is 1. The largest absolute Gasteiger partial charge is 0.479 e. The normalized spacial score (nSPS) is 17.4.